The molecule has 0 amide bonds. The van der Waals surface area contributed by atoms with Gasteiger partial charge in [-0.1, -0.05) is 11.8 Å². The molecule has 2 aromatic rings. The lowest BCUT2D eigenvalue weighted by atomic mass is 10.2. The van der Waals surface area contributed by atoms with Crippen LogP contribution in [0.15, 0.2) is 34.5 Å². The Morgan fingerprint density at radius 1 is 1.33 bits per heavy atom. The predicted octanol–water partition coefficient (Wildman–Crippen LogP) is 1.27. The van der Waals surface area contributed by atoms with Gasteiger partial charge >= 0.3 is 0 Å². The molecule has 0 spiro atoms. The third-order valence-electron chi connectivity index (χ3n) is 2.59. The van der Waals surface area contributed by atoms with Crippen LogP contribution < -0.4 is 4.72 Å². The van der Waals surface area contributed by atoms with E-state index in [1.807, 2.05) is 12.3 Å². The van der Waals surface area contributed by atoms with Crippen LogP contribution in [0.4, 0.5) is 0 Å². The summed E-state index contributed by atoms with van der Waals surface area (Å²) in [6.45, 7) is 1.81. The van der Waals surface area contributed by atoms with Gasteiger partial charge < -0.3 is 5.11 Å². The van der Waals surface area contributed by atoms with Crippen molar-refractivity contribution in [1.29, 1.82) is 0 Å². The summed E-state index contributed by atoms with van der Waals surface area (Å²) in [4.78, 5) is 4.38. The Hall–Kier alpha value is -1.72. The van der Waals surface area contributed by atoms with Crippen molar-refractivity contribution >= 4 is 21.4 Å². The topological polar surface area (TPSA) is 79.3 Å². The Kier molecular flexibility index (Phi) is 5.09. The zero-order valence-corrected chi connectivity index (χ0v) is 13.0. The number of hydrogen-bond acceptors (Lipinski definition) is 5. The maximum atomic E-state index is 12.1. The fraction of sp³-hybridized carbons (Fsp3) is 0.214. The third-order valence-corrected chi connectivity index (χ3v) is 4.83. The quantitative estimate of drug-likeness (QED) is 0.831. The molecule has 0 aliphatic carbocycles. The van der Waals surface area contributed by atoms with Crippen molar-refractivity contribution in [3.05, 3.63) is 45.9 Å². The molecular weight excluding hydrogens is 308 g/mol. The number of aliphatic hydroxyl groups is 1. The van der Waals surface area contributed by atoms with Gasteiger partial charge in [-0.2, -0.15) is 0 Å². The first-order valence-electron chi connectivity index (χ1n) is 6.12. The molecule has 1 aromatic heterocycles. The number of aromatic nitrogens is 1. The molecule has 0 radical (unpaired) electrons. The average molecular weight is 322 g/mol. The zero-order chi connectivity index (χ0) is 15.3. The van der Waals surface area contributed by atoms with E-state index < -0.39 is 10.0 Å². The van der Waals surface area contributed by atoms with Gasteiger partial charge in [0.1, 0.15) is 6.61 Å². The lowest BCUT2D eigenvalue weighted by molar-refractivity contribution is 0.350. The molecule has 0 aliphatic heterocycles. The van der Waals surface area contributed by atoms with E-state index in [0.717, 1.165) is 5.01 Å². The van der Waals surface area contributed by atoms with Crippen molar-refractivity contribution in [3.8, 4) is 11.8 Å². The van der Waals surface area contributed by atoms with Crippen LogP contribution in [-0.2, 0) is 16.6 Å². The van der Waals surface area contributed by atoms with Gasteiger partial charge in [0.25, 0.3) is 0 Å². The van der Waals surface area contributed by atoms with Crippen molar-refractivity contribution in [2.45, 2.75) is 18.4 Å². The molecule has 0 atom stereocenters. The average Bonchev–Trinajstić information content (AvgIpc) is 2.89. The van der Waals surface area contributed by atoms with Gasteiger partial charge in [0.05, 0.1) is 22.1 Å². The molecule has 1 aromatic carbocycles. The van der Waals surface area contributed by atoms with Crippen LogP contribution >= 0.6 is 11.3 Å². The number of aliphatic hydroxyl groups excluding tert-OH is 1. The summed E-state index contributed by atoms with van der Waals surface area (Å²) in [5.74, 6) is 5.21. The highest BCUT2D eigenvalue weighted by Crippen LogP contribution is 2.12. The Bertz CT molecular complexity index is 769. The zero-order valence-electron chi connectivity index (χ0n) is 11.3. The molecule has 0 fully saturated rings. The first-order valence-corrected chi connectivity index (χ1v) is 8.48. The van der Waals surface area contributed by atoms with Gasteiger partial charge in [-0.15, -0.1) is 11.3 Å². The lowest BCUT2D eigenvalue weighted by Gasteiger charge is -2.05. The summed E-state index contributed by atoms with van der Waals surface area (Å²) in [6, 6.07) is 6.17. The maximum absolute atomic E-state index is 12.1. The van der Waals surface area contributed by atoms with Gasteiger partial charge in [-0.3, -0.25) is 0 Å². The van der Waals surface area contributed by atoms with E-state index in [0.29, 0.717) is 11.3 Å². The fourth-order valence-corrected chi connectivity index (χ4v) is 3.21. The number of sulfonamides is 1. The molecule has 21 heavy (non-hydrogen) atoms. The van der Waals surface area contributed by atoms with Crippen LogP contribution in [0.5, 0.6) is 0 Å². The van der Waals surface area contributed by atoms with E-state index in [9.17, 15) is 8.42 Å². The van der Waals surface area contributed by atoms with E-state index in [1.165, 1.54) is 23.5 Å². The maximum Gasteiger partial charge on any atom is 0.240 e. The Morgan fingerprint density at radius 3 is 2.62 bits per heavy atom. The highest BCUT2D eigenvalue weighted by atomic mass is 32.2. The van der Waals surface area contributed by atoms with Gasteiger partial charge in [-0.05, 0) is 31.2 Å². The van der Waals surface area contributed by atoms with Crippen LogP contribution in [0.2, 0.25) is 0 Å². The number of nitrogens with zero attached hydrogens (tertiary/aromatic N) is 1. The monoisotopic (exact) mass is 322 g/mol. The highest BCUT2D eigenvalue weighted by molar-refractivity contribution is 7.89. The fourth-order valence-electron chi connectivity index (χ4n) is 1.60. The van der Waals surface area contributed by atoms with Gasteiger partial charge in [-0.25, -0.2) is 18.1 Å². The Balaban J connectivity index is 2.08. The van der Waals surface area contributed by atoms with Gasteiger partial charge in [0.2, 0.25) is 10.0 Å². The molecule has 1 heterocycles. The molecule has 0 saturated carbocycles. The van der Waals surface area contributed by atoms with Crippen molar-refractivity contribution in [2.24, 2.45) is 0 Å². The number of rotatable bonds is 4. The van der Waals surface area contributed by atoms with Gasteiger partial charge in [0, 0.05) is 10.9 Å². The second kappa shape index (κ2) is 6.83. The Morgan fingerprint density at radius 2 is 2.05 bits per heavy atom. The molecule has 2 rings (SSSR count). The molecule has 0 bridgehead atoms. The highest BCUT2D eigenvalue weighted by Gasteiger charge is 2.13. The summed E-state index contributed by atoms with van der Waals surface area (Å²) in [5, 5.41) is 11.3. The van der Waals surface area contributed by atoms with Crippen LogP contribution in [0.25, 0.3) is 0 Å². The standard InChI is InChI=1S/C14H14N2O3S2/c1-11-16-13(10-20-11)9-15-21(18,19)14-6-4-12(5-7-14)3-2-8-17/h4-7,10,15,17H,8-9H2,1H3. The summed E-state index contributed by atoms with van der Waals surface area (Å²) in [5.41, 5.74) is 1.35. The van der Waals surface area contributed by atoms with Crippen LogP contribution in [0.1, 0.15) is 16.3 Å². The molecular formula is C14H14N2O3S2. The molecule has 2 N–H and O–H groups in total. The number of nitrogens with one attached hydrogen (secondary N) is 1. The number of benzene rings is 1. The summed E-state index contributed by atoms with van der Waals surface area (Å²) in [7, 11) is -3.57. The third kappa shape index (κ3) is 4.37. The molecule has 0 unspecified atom stereocenters. The van der Waals surface area contributed by atoms with Crippen LogP contribution in [0.3, 0.4) is 0 Å². The van der Waals surface area contributed by atoms with Crippen LogP contribution in [-0.4, -0.2) is 25.1 Å². The first kappa shape index (κ1) is 15.7. The summed E-state index contributed by atoms with van der Waals surface area (Å²) in [6.07, 6.45) is 0. The lowest BCUT2D eigenvalue weighted by Crippen LogP contribution is -2.23. The predicted molar refractivity (Wildman–Crippen MR) is 81.3 cm³/mol. The molecule has 110 valence electrons. The van der Waals surface area contributed by atoms with Crippen molar-refractivity contribution in [1.82, 2.24) is 9.71 Å². The second-order valence-corrected chi connectivity index (χ2v) is 7.00. The molecule has 0 saturated heterocycles. The van der Waals surface area contributed by atoms with E-state index in [4.69, 9.17) is 5.11 Å². The summed E-state index contributed by atoms with van der Waals surface area (Å²) >= 11 is 1.48. The van der Waals surface area contributed by atoms with E-state index in [1.54, 1.807) is 12.1 Å². The van der Waals surface area contributed by atoms with Crippen LogP contribution in [0, 0.1) is 18.8 Å². The van der Waals surface area contributed by atoms with E-state index in [2.05, 4.69) is 21.5 Å². The minimum Gasteiger partial charge on any atom is -0.384 e. The number of hydrogen-bond donors (Lipinski definition) is 2. The number of aryl methyl sites for hydroxylation is 1. The number of thiazole rings is 1. The summed E-state index contributed by atoms with van der Waals surface area (Å²) < 4.78 is 26.8. The SMILES string of the molecule is Cc1nc(CNS(=O)(=O)c2ccc(C#CCO)cc2)cs1. The molecule has 0 aliphatic rings. The minimum absolute atomic E-state index is 0.165. The minimum atomic E-state index is -3.57. The largest absolute Gasteiger partial charge is 0.384 e. The van der Waals surface area contributed by atoms with E-state index in [-0.39, 0.29) is 18.0 Å². The normalized spacial score (nSPS) is 11.0. The second-order valence-electron chi connectivity index (χ2n) is 4.17. The Labute approximate surface area is 127 Å². The molecule has 7 heteroatoms. The molecule has 5 nitrogen and oxygen atoms in total. The first-order chi connectivity index (χ1) is 10.0. The van der Waals surface area contributed by atoms with Gasteiger partial charge in [0.15, 0.2) is 0 Å². The van der Waals surface area contributed by atoms with Crippen molar-refractivity contribution in [3.63, 3.8) is 0 Å². The van der Waals surface area contributed by atoms with Crippen molar-refractivity contribution < 1.29 is 13.5 Å². The van der Waals surface area contributed by atoms with Crippen molar-refractivity contribution in [2.75, 3.05) is 6.61 Å². The van der Waals surface area contributed by atoms with E-state index >= 15 is 0 Å². The smallest absolute Gasteiger partial charge is 0.240 e.